The molecule has 1 heterocycles. The zero-order valence-corrected chi connectivity index (χ0v) is 12.2. The van der Waals surface area contributed by atoms with Crippen LogP contribution in [0.3, 0.4) is 0 Å². The van der Waals surface area contributed by atoms with Crippen molar-refractivity contribution in [3.8, 4) is 17.3 Å². The Balaban J connectivity index is 2.29. The standard InChI is InChI=1S/C14H14FN3O2S/c1-2-21(19,20)18-11-3-5-12(13(15)9-11)14-6-4-10(17-14)7-8-16/h3-6,9,17-18H,2,7H2,1H3. The van der Waals surface area contributed by atoms with Crippen LogP contribution in [-0.2, 0) is 16.4 Å². The van der Waals surface area contributed by atoms with E-state index in [2.05, 4.69) is 9.71 Å². The highest BCUT2D eigenvalue weighted by Gasteiger charge is 2.11. The Labute approximate surface area is 122 Å². The molecule has 0 fully saturated rings. The van der Waals surface area contributed by atoms with Crippen molar-refractivity contribution in [1.82, 2.24) is 4.98 Å². The van der Waals surface area contributed by atoms with Gasteiger partial charge in [0, 0.05) is 17.0 Å². The van der Waals surface area contributed by atoms with E-state index in [1.807, 2.05) is 6.07 Å². The van der Waals surface area contributed by atoms with Gasteiger partial charge < -0.3 is 4.98 Å². The molecule has 1 aromatic carbocycles. The SMILES string of the molecule is CCS(=O)(=O)Nc1ccc(-c2ccc(CC#N)[nH]2)c(F)c1. The molecule has 0 saturated heterocycles. The van der Waals surface area contributed by atoms with Crippen LogP contribution in [0, 0.1) is 17.1 Å². The molecule has 2 N–H and O–H groups in total. The molecule has 0 bridgehead atoms. The van der Waals surface area contributed by atoms with Gasteiger partial charge in [0.2, 0.25) is 10.0 Å². The first kappa shape index (κ1) is 15.1. The van der Waals surface area contributed by atoms with Gasteiger partial charge in [-0.2, -0.15) is 5.26 Å². The summed E-state index contributed by atoms with van der Waals surface area (Å²) >= 11 is 0. The van der Waals surface area contributed by atoms with Gasteiger partial charge in [0.25, 0.3) is 0 Å². The third-order valence-corrected chi connectivity index (χ3v) is 4.24. The number of sulfonamides is 1. The number of hydrogen-bond acceptors (Lipinski definition) is 3. The number of aromatic amines is 1. The van der Waals surface area contributed by atoms with Gasteiger partial charge >= 0.3 is 0 Å². The number of nitrogens with one attached hydrogen (secondary N) is 2. The number of hydrogen-bond donors (Lipinski definition) is 2. The molecule has 0 aliphatic heterocycles. The first-order chi connectivity index (χ1) is 9.95. The zero-order valence-electron chi connectivity index (χ0n) is 11.4. The van der Waals surface area contributed by atoms with Crippen LogP contribution >= 0.6 is 0 Å². The number of nitriles is 1. The second kappa shape index (κ2) is 5.97. The minimum absolute atomic E-state index is 0.0789. The van der Waals surface area contributed by atoms with Crippen molar-refractivity contribution in [3.05, 3.63) is 41.8 Å². The maximum absolute atomic E-state index is 14.1. The van der Waals surface area contributed by atoms with E-state index >= 15 is 0 Å². The van der Waals surface area contributed by atoms with Crippen LogP contribution in [-0.4, -0.2) is 19.2 Å². The maximum atomic E-state index is 14.1. The lowest BCUT2D eigenvalue weighted by Gasteiger charge is -2.08. The van der Waals surface area contributed by atoms with E-state index in [4.69, 9.17) is 5.26 Å². The van der Waals surface area contributed by atoms with Gasteiger partial charge in [-0.3, -0.25) is 4.72 Å². The molecule has 0 saturated carbocycles. The van der Waals surface area contributed by atoms with Gasteiger partial charge in [0.1, 0.15) is 5.82 Å². The molecule has 0 unspecified atom stereocenters. The number of anilines is 1. The molecule has 5 nitrogen and oxygen atoms in total. The van der Waals surface area contributed by atoms with Crippen molar-refractivity contribution >= 4 is 15.7 Å². The van der Waals surface area contributed by atoms with Crippen LogP contribution in [0.5, 0.6) is 0 Å². The van der Waals surface area contributed by atoms with Crippen molar-refractivity contribution in [2.45, 2.75) is 13.3 Å². The first-order valence-electron chi connectivity index (χ1n) is 6.30. The van der Waals surface area contributed by atoms with Gasteiger partial charge in [0.15, 0.2) is 0 Å². The predicted molar refractivity (Wildman–Crippen MR) is 78.6 cm³/mol. The number of benzene rings is 1. The lowest BCUT2D eigenvalue weighted by atomic mass is 10.1. The van der Waals surface area contributed by atoms with Crippen molar-refractivity contribution in [1.29, 1.82) is 5.26 Å². The number of rotatable bonds is 5. The monoisotopic (exact) mass is 307 g/mol. The maximum Gasteiger partial charge on any atom is 0.232 e. The van der Waals surface area contributed by atoms with Crippen LogP contribution in [0.2, 0.25) is 0 Å². The van der Waals surface area contributed by atoms with Gasteiger partial charge in [-0.1, -0.05) is 0 Å². The van der Waals surface area contributed by atoms with E-state index in [1.165, 1.54) is 19.1 Å². The van der Waals surface area contributed by atoms with Crippen molar-refractivity contribution in [3.63, 3.8) is 0 Å². The fourth-order valence-corrected chi connectivity index (χ4v) is 2.46. The second-order valence-electron chi connectivity index (χ2n) is 4.43. The van der Waals surface area contributed by atoms with Gasteiger partial charge in [-0.05, 0) is 37.3 Å². The molecule has 7 heteroatoms. The lowest BCUT2D eigenvalue weighted by Crippen LogP contribution is -2.14. The Morgan fingerprint density at radius 3 is 2.71 bits per heavy atom. The summed E-state index contributed by atoms with van der Waals surface area (Å²) in [5.41, 5.74) is 1.74. The molecule has 21 heavy (non-hydrogen) atoms. The van der Waals surface area contributed by atoms with Crippen LogP contribution < -0.4 is 4.72 Å². The topological polar surface area (TPSA) is 85.8 Å². The number of H-pyrrole nitrogens is 1. The van der Waals surface area contributed by atoms with Crippen LogP contribution in [0.25, 0.3) is 11.3 Å². The highest BCUT2D eigenvalue weighted by Crippen LogP contribution is 2.25. The summed E-state index contributed by atoms with van der Waals surface area (Å²) in [6.07, 6.45) is 0.218. The predicted octanol–water partition coefficient (Wildman–Crippen LogP) is 2.65. The minimum atomic E-state index is -3.43. The molecule has 0 aliphatic carbocycles. The van der Waals surface area contributed by atoms with E-state index in [1.54, 1.807) is 12.1 Å². The molecule has 0 spiro atoms. The average Bonchev–Trinajstić information content (AvgIpc) is 2.87. The smallest absolute Gasteiger partial charge is 0.232 e. The highest BCUT2D eigenvalue weighted by atomic mass is 32.2. The van der Waals surface area contributed by atoms with Crippen molar-refractivity contribution in [2.24, 2.45) is 0 Å². The summed E-state index contributed by atoms with van der Waals surface area (Å²) in [5, 5.41) is 8.61. The average molecular weight is 307 g/mol. The Morgan fingerprint density at radius 1 is 1.33 bits per heavy atom. The normalized spacial score (nSPS) is 11.1. The summed E-state index contributed by atoms with van der Waals surface area (Å²) in [4.78, 5) is 2.95. The van der Waals surface area contributed by atoms with Gasteiger partial charge in [-0.25, -0.2) is 12.8 Å². The molecule has 0 aliphatic rings. The fourth-order valence-electron chi connectivity index (χ4n) is 1.83. The minimum Gasteiger partial charge on any atom is -0.357 e. The molecule has 110 valence electrons. The Kier molecular flexibility index (Phi) is 4.29. The van der Waals surface area contributed by atoms with E-state index in [-0.39, 0.29) is 17.9 Å². The third kappa shape index (κ3) is 3.61. The van der Waals surface area contributed by atoms with E-state index < -0.39 is 15.8 Å². The second-order valence-corrected chi connectivity index (χ2v) is 6.44. The number of aromatic nitrogens is 1. The summed E-state index contributed by atoms with van der Waals surface area (Å²) < 4.78 is 39.3. The number of halogens is 1. The van der Waals surface area contributed by atoms with Crippen LogP contribution in [0.15, 0.2) is 30.3 Å². The number of nitrogens with zero attached hydrogens (tertiary/aromatic N) is 1. The highest BCUT2D eigenvalue weighted by molar-refractivity contribution is 7.92. The molecule has 0 atom stereocenters. The fraction of sp³-hybridized carbons (Fsp3) is 0.214. The van der Waals surface area contributed by atoms with Crippen LogP contribution in [0.1, 0.15) is 12.6 Å². The third-order valence-electron chi connectivity index (χ3n) is 2.93. The molecule has 2 rings (SSSR count). The summed E-state index contributed by atoms with van der Waals surface area (Å²) in [6, 6.07) is 9.52. The molecule has 0 amide bonds. The quantitative estimate of drug-likeness (QED) is 0.890. The van der Waals surface area contributed by atoms with Crippen molar-refractivity contribution in [2.75, 3.05) is 10.5 Å². The van der Waals surface area contributed by atoms with Crippen molar-refractivity contribution < 1.29 is 12.8 Å². The zero-order chi connectivity index (χ0) is 15.5. The Hall–Kier alpha value is -2.33. The molecular weight excluding hydrogens is 293 g/mol. The first-order valence-corrected chi connectivity index (χ1v) is 7.95. The molecule has 0 radical (unpaired) electrons. The summed E-state index contributed by atoms with van der Waals surface area (Å²) in [5.74, 6) is -0.624. The van der Waals surface area contributed by atoms with Gasteiger partial charge in [0.05, 0.1) is 23.9 Å². The van der Waals surface area contributed by atoms with E-state index in [0.29, 0.717) is 17.0 Å². The van der Waals surface area contributed by atoms with E-state index in [9.17, 15) is 12.8 Å². The molecule has 2 aromatic rings. The lowest BCUT2D eigenvalue weighted by molar-refractivity contribution is 0.602. The Morgan fingerprint density at radius 2 is 2.10 bits per heavy atom. The largest absolute Gasteiger partial charge is 0.357 e. The van der Waals surface area contributed by atoms with E-state index in [0.717, 1.165) is 6.07 Å². The molecular formula is C14H14FN3O2S. The van der Waals surface area contributed by atoms with Crippen LogP contribution in [0.4, 0.5) is 10.1 Å². The Bertz CT molecular complexity index is 791. The summed E-state index contributed by atoms with van der Waals surface area (Å²) in [7, 11) is -3.43. The van der Waals surface area contributed by atoms with Gasteiger partial charge in [-0.15, -0.1) is 0 Å². The molecule has 1 aromatic heterocycles. The summed E-state index contributed by atoms with van der Waals surface area (Å²) in [6.45, 7) is 1.50.